The number of hydrogen-bond donors (Lipinski definition) is 0. The SMILES string of the molecule is C=CC(=O)N1Cc2c(-c3ccncc3)c(-c3ccc(Cl)cc3F)nn2CC1CC. The van der Waals surface area contributed by atoms with Gasteiger partial charge in [0.15, 0.2) is 0 Å². The fourth-order valence-electron chi connectivity index (χ4n) is 3.81. The molecule has 1 amide bonds. The van der Waals surface area contributed by atoms with Crippen molar-refractivity contribution in [1.29, 1.82) is 0 Å². The maximum absolute atomic E-state index is 14.8. The number of aromatic nitrogens is 3. The summed E-state index contributed by atoms with van der Waals surface area (Å²) in [6, 6.07) is 8.30. The first-order valence-electron chi connectivity index (χ1n) is 9.42. The number of nitrogens with zero attached hydrogens (tertiary/aromatic N) is 4. The van der Waals surface area contributed by atoms with Gasteiger partial charge in [0.1, 0.15) is 11.5 Å². The van der Waals surface area contributed by atoms with Crippen molar-refractivity contribution in [3.63, 3.8) is 0 Å². The Morgan fingerprint density at radius 2 is 2.10 bits per heavy atom. The Morgan fingerprint density at radius 1 is 1.34 bits per heavy atom. The van der Waals surface area contributed by atoms with Gasteiger partial charge in [0.25, 0.3) is 0 Å². The summed E-state index contributed by atoms with van der Waals surface area (Å²) in [5, 5.41) is 5.08. The first-order valence-corrected chi connectivity index (χ1v) is 9.79. The fraction of sp³-hybridized carbons (Fsp3) is 0.227. The van der Waals surface area contributed by atoms with Crippen molar-refractivity contribution in [2.45, 2.75) is 32.5 Å². The van der Waals surface area contributed by atoms with Crippen LogP contribution in [0.15, 0.2) is 55.4 Å². The van der Waals surface area contributed by atoms with Crippen molar-refractivity contribution in [3.8, 4) is 22.4 Å². The molecule has 1 aliphatic rings. The second kappa shape index (κ2) is 7.79. The highest BCUT2D eigenvalue weighted by molar-refractivity contribution is 6.30. The number of amides is 1. The van der Waals surface area contributed by atoms with Crippen LogP contribution < -0.4 is 0 Å². The lowest BCUT2D eigenvalue weighted by molar-refractivity contribution is -0.130. The number of carbonyl (C=O) groups is 1. The van der Waals surface area contributed by atoms with Crippen LogP contribution in [0.3, 0.4) is 0 Å². The molecule has 1 atom stereocenters. The standard InChI is InChI=1S/C22H20ClFN4O/c1-3-16-12-28-19(13-27(16)20(29)4-2)21(14-7-9-25-10-8-14)22(26-28)17-6-5-15(23)11-18(17)24/h4-11,16H,2-3,12-13H2,1H3. The van der Waals surface area contributed by atoms with Gasteiger partial charge in [-0.15, -0.1) is 0 Å². The first kappa shape index (κ1) is 19.3. The molecule has 5 nitrogen and oxygen atoms in total. The normalized spacial score (nSPS) is 15.8. The number of pyridine rings is 1. The van der Waals surface area contributed by atoms with Crippen LogP contribution in [0.1, 0.15) is 19.0 Å². The van der Waals surface area contributed by atoms with Crippen LogP contribution in [-0.4, -0.2) is 31.6 Å². The van der Waals surface area contributed by atoms with Gasteiger partial charge in [0.2, 0.25) is 5.91 Å². The summed E-state index contributed by atoms with van der Waals surface area (Å²) in [5.74, 6) is -0.557. The average molecular weight is 411 g/mol. The van der Waals surface area contributed by atoms with E-state index in [1.165, 1.54) is 12.1 Å². The average Bonchev–Trinajstić information content (AvgIpc) is 3.10. The Hall–Kier alpha value is -2.99. The molecule has 0 radical (unpaired) electrons. The lowest BCUT2D eigenvalue weighted by atomic mass is 9.97. The van der Waals surface area contributed by atoms with Crippen molar-refractivity contribution < 1.29 is 9.18 Å². The van der Waals surface area contributed by atoms with Crippen LogP contribution in [-0.2, 0) is 17.9 Å². The van der Waals surface area contributed by atoms with E-state index in [1.807, 2.05) is 23.7 Å². The minimum atomic E-state index is -0.436. The van der Waals surface area contributed by atoms with Crippen molar-refractivity contribution in [3.05, 3.63) is 71.9 Å². The number of halogens is 2. The lowest BCUT2D eigenvalue weighted by Crippen LogP contribution is -2.45. The minimum Gasteiger partial charge on any atom is -0.328 e. The van der Waals surface area contributed by atoms with Crippen LogP contribution in [0.2, 0.25) is 5.02 Å². The molecule has 148 valence electrons. The van der Waals surface area contributed by atoms with E-state index in [2.05, 4.69) is 11.6 Å². The van der Waals surface area contributed by atoms with E-state index in [4.69, 9.17) is 16.7 Å². The van der Waals surface area contributed by atoms with Crippen LogP contribution in [0, 0.1) is 5.82 Å². The number of carbonyl (C=O) groups excluding carboxylic acids is 1. The largest absolute Gasteiger partial charge is 0.328 e. The van der Waals surface area contributed by atoms with Gasteiger partial charge in [-0.1, -0.05) is 25.1 Å². The van der Waals surface area contributed by atoms with Gasteiger partial charge in [0, 0.05) is 28.5 Å². The van der Waals surface area contributed by atoms with E-state index in [9.17, 15) is 9.18 Å². The molecule has 3 heterocycles. The molecule has 0 saturated carbocycles. The van der Waals surface area contributed by atoms with Gasteiger partial charge in [-0.05, 0) is 48.4 Å². The molecule has 0 spiro atoms. The zero-order valence-corrected chi connectivity index (χ0v) is 16.7. The first-order chi connectivity index (χ1) is 14.0. The maximum Gasteiger partial charge on any atom is 0.246 e. The van der Waals surface area contributed by atoms with E-state index >= 15 is 0 Å². The minimum absolute atomic E-state index is 0.00102. The molecule has 0 N–H and O–H groups in total. The molecular weight excluding hydrogens is 391 g/mol. The molecule has 1 unspecified atom stereocenters. The van der Waals surface area contributed by atoms with E-state index in [-0.39, 0.29) is 11.9 Å². The van der Waals surface area contributed by atoms with E-state index in [0.717, 1.165) is 23.2 Å². The van der Waals surface area contributed by atoms with Gasteiger partial charge >= 0.3 is 0 Å². The van der Waals surface area contributed by atoms with E-state index in [0.29, 0.717) is 29.4 Å². The van der Waals surface area contributed by atoms with E-state index < -0.39 is 5.82 Å². The lowest BCUT2D eigenvalue weighted by Gasteiger charge is -2.35. The third-order valence-electron chi connectivity index (χ3n) is 5.29. The molecule has 1 aromatic carbocycles. The van der Waals surface area contributed by atoms with Crippen molar-refractivity contribution in [2.24, 2.45) is 0 Å². The highest BCUT2D eigenvalue weighted by Crippen LogP contribution is 2.38. The predicted octanol–water partition coefficient (Wildman–Crippen LogP) is 4.71. The Morgan fingerprint density at radius 3 is 2.76 bits per heavy atom. The Kier molecular flexibility index (Phi) is 5.20. The molecule has 0 aliphatic carbocycles. The second-order valence-electron chi connectivity index (χ2n) is 6.94. The summed E-state index contributed by atoms with van der Waals surface area (Å²) in [4.78, 5) is 18.3. The molecule has 3 aromatic rings. The monoisotopic (exact) mass is 410 g/mol. The highest BCUT2D eigenvalue weighted by atomic mass is 35.5. The summed E-state index contributed by atoms with van der Waals surface area (Å²) in [5.41, 5.74) is 3.43. The molecule has 4 rings (SSSR count). The third-order valence-corrected chi connectivity index (χ3v) is 5.52. The number of fused-ring (bicyclic) bond motifs is 1. The molecule has 0 bridgehead atoms. The zero-order valence-electron chi connectivity index (χ0n) is 16.0. The summed E-state index contributed by atoms with van der Waals surface area (Å²) in [6.07, 6.45) is 5.49. The number of benzene rings is 1. The van der Waals surface area contributed by atoms with Crippen LogP contribution in [0.5, 0.6) is 0 Å². The van der Waals surface area contributed by atoms with Crippen LogP contribution in [0.25, 0.3) is 22.4 Å². The summed E-state index contributed by atoms with van der Waals surface area (Å²) in [7, 11) is 0. The second-order valence-corrected chi connectivity index (χ2v) is 7.38. The molecular formula is C22H20ClFN4O. The van der Waals surface area contributed by atoms with Crippen LogP contribution >= 0.6 is 11.6 Å². The van der Waals surface area contributed by atoms with Gasteiger partial charge < -0.3 is 4.90 Å². The molecule has 0 fully saturated rings. The van der Waals surface area contributed by atoms with Crippen molar-refractivity contribution >= 4 is 17.5 Å². The van der Waals surface area contributed by atoms with Crippen molar-refractivity contribution in [1.82, 2.24) is 19.7 Å². The topological polar surface area (TPSA) is 51.0 Å². The molecule has 29 heavy (non-hydrogen) atoms. The Labute approximate surface area is 173 Å². The summed E-state index contributed by atoms with van der Waals surface area (Å²) >= 11 is 5.94. The number of rotatable bonds is 4. The smallest absolute Gasteiger partial charge is 0.246 e. The van der Waals surface area contributed by atoms with E-state index in [1.54, 1.807) is 29.4 Å². The molecule has 7 heteroatoms. The Bertz CT molecular complexity index is 1080. The van der Waals surface area contributed by atoms with Gasteiger partial charge in [-0.3, -0.25) is 14.5 Å². The third kappa shape index (κ3) is 3.44. The fourth-order valence-corrected chi connectivity index (χ4v) is 3.97. The predicted molar refractivity (Wildman–Crippen MR) is 111 cm³/mol. The summed E-state index contributed by atoms with van der Waals surface area (Å²) < 4.78 is 16.7. The quantitative estimate of drug-likeness (QED) is 0.585. The van der Waals surface area contributed by atoms with Crippen LogP contribution in [0.4, 0.5) is 4.39 Å². The number of hydrogen-bond acceptors (Lipinski definition) is 3. The molecule has 1 aliphatic heterocycles. The van der Waals surface area contributed by atoms with Gasteiger partial charge in [0.05, 0.1) is 24.8 Å². The maximum atomic E-state index is 14.8. The molecule has 2 aromatic heterocycles. The zero-order chi connectivity index (χ0) is 20.5. The summed E-state index contributed by atoms with van der Waals surface area (Å²) in [6.45, 7) is 6.58. The Balaban J connectivity index is 1.93. The highest BCUT2D eigenvalue weighted by Gasteiger charge is 2.33. The van der Waals surface area contributed by atoms with Crippen molar-refractivity contribution in [2.75, 3.05) is 0 Å². The van der Waals surface area contributed by atoms with Gasteiger partial charge in [-0.2, -0.15) is 5.10 Å². The molecule has 0 saturated heterocycles. The van der Waals surface area contributed by atoms with Gasteiger partial charge in [-0.25, -0.2) is 4.39 Å².